The highest BCUT2D eigenvalue weighted by atomic mass is 19.1. The average molecular weight is 353 g/mol. The normalized spacial score (nSPS) is 9.72. The molecule has 2 aromatic rings. The van der Waals surface area contributed by atoms with Crippen molar-refractivity contribution in [2.24, 2.45) is 5.73 Å². The van der Waals surface area contributed by atoms with Crippen LogP contribution in [0.5, 0.6) is 5.75 Å². The van der Waals surface area contributed by atoms with E-state index in [2.05, 4.69) is 20.7 Å². The fourth-order valence-corrected chi connectivity index (χ4v) is 1.72. The van der Waals surface area contributed by atoms with Crippen LogP contribution in [0.15, 0.2) is 24.4 Å². The topological polar surface area (TPSA) is 143 Å². The Kier molecular flexibility index (Phi) is 8.58. The van der Waals surface area contributed by atoms with Crippen molar-refractivity contribution in [1.29, 1.82) is 0 Å². The maximum Gasteiger partial charge on any atom is 0.300 e. The number of carbonyl (C=O) groups excluding carboxylic acids is 1. The van der Waals surface area contributed by atoms with E-state index in [1.54, 1.807) is 6.20 Å². The van der Waals surface area contributed by atoms with Crippen LogP contribution in [0.2, 0.25) is 0 Å². The number of benzene rings is 1. The van der Waals surface area contributed by atoms with Crippen molar-refractivity contribution in [3.63, 3.8) is 0 Å². The number of aromatic nitrogens is 3. The molecule has 136 valence electrons. The van der Waals surface area contributed by atoms with Gasteiger partial charge in [-0.2, -0.15) is 15.4 Å². The Balaban J connectivity index is 0.000000705. The summed E-state index contributed by atoms with van der Waals surface area (Å²) >= 11 is 0. The minimum absolute atomic E-state index is 0.142. The largest absolute Gasteiger partial charge is 0.491 e. The molecule has 0 aliphatic carbocycles. The molecule has 5 N–H and O–H groups in total. The molecule has 25 heavy (non-hydrogen) atoms. The van der Waals surface area contributed by atoms with E-state index in [0.29, 0.717) is 25.3 Å². The highest BCUT2D eigenvalue weighted by molar-refractivity contribution is 5.96. The van der Waals surface area contributed by atoms with E-state index in [4.69, 9.17) is 20.4 Å². The number of nitrogens with zero attached hydrogens (tertiary/aromatic N) is 2. The molecule has 1 heterocycles. The first-order valence-electron chi connectivity index (χ1n) is 7.38. The lowest BCUT2D eigenvalue weighted by atomic mass is 10.1. The number of amides is 1. The quantitative estimate of drug-likeness (QED) is 0.562. The second-order valence-corrected chi connectivity index (χ2v) is 4.76. The van der Waals surface area contributed by atoms with Gasteiger partial charge in [0.25, 0.3) is 11.9 Å². The zero-order valence-corrected chi connectivity index (χ0v) is 13.7. The van der Waals surface area contributed by atoms with Crippen LogP contribution in [-0.4, -0.2) is 52.1 Å². The Morgan fingerprint density at radius 1 is 1.44 bits per heavy atom. The molecule has 9 nitrogen and oxygen atoms in total. The van der Waals surface area contributed by atoms with Gasteiger partial charge in [0.2, 0.25) is 0 Å². The number of H-pyrrole nitrogens is 1. The van der Waals surface area contributed by atoms with Crippen molar-refractivity contribution in [2.45, 2.75) is 13.3 Å². The van der Waals surface area contributed by atoms with Crippen molar-refractivity contribution < 1.29 is 23.8 Å². The predicted molar refractivity (Wildman–Crippen MR) is 86.7 cm³/mol. The van der Waals surface area contributed by atoms with E-state index in [-0.39, 0.29) is 12.2 Å². The summed E-state index contributed by atoms with van der Waals surface area (Å²) in [6, 6.07) is 3.78. The molecule has 0 aliphatic heterocycles. The number of rotatable bonds is 7. The lowest BCUT2D eigenvalue weighted by Gasteiger charge is -2.11. The number of hydrogen-bond acceptors (Lipinski definition) is 6. The molecule has 0 saturated heterocycles. The van der Waals surface area contributed by atoms with Crippen LogP contribution in [0.4, 0.5) is 4.39 Å². The molecule has 0 aliphatic rings. The standard InChI is InChI=1S/C13H16FN5O2.C2H4O2/c14-9-1-2-12(21-6-4-15)11(7-9)13(20)16-5-3-10-8-17-19-18-10;1-2(3)4/h1-2,7-8H,3-6,15H2,(H,16,20)(H,17,18,19);1H3,(H,3,4). The molecule has 1 aromatic carbocycles. The Labute approximate surface area is 143 Å². The Hall–Kier alpha value is -3.01. The van der Waals surface area contributed by atoms with Gasteiger partial charge < -0.3 is 20.9 Å². The number of aromatic amines is 1. The molecule has 0 radical (unpaired) electrons. The second kappa shape index (κ2) is 10.7. The molecule has 0 spiro atoms. The van der Waals surface area contributed by atoms with E-state index in [9.17, 15) is 9.18 Å². The van der Waals surface area contributed by atoms with E-state index in [1.165, 1.54) is 12.1 Å². The molecule has 0 fully saturated rings. The van der Waals surface area contributed by atoms with Gasteiger partial charge in [0, 0.05) is 26.4 Å². The molecule has 10 heteroatoms. The lowest BCUT2D eigenvalue weighted by Crippen LogP contribution is -2.26. The summed E-state index contributed by atoms with van der Waals surface area (Å²) in [6.45, 7) is 2.01. The van der Waals surface area contributed by atoms with Crippen molar-refractivity contribution in [3.05, 3.63) is 41.5 Å². The maximum absolute atomic E-state index is 13.3. The SMILES string of the molecule is CC(=O)O.NCCOc1ccc(F)cc1C(=O)NCCc1cn[nH]n1. The van der Waals surface area contributed by atoms with Crippen LogP contribution in [0.25, 0.3) is 0 Å². The van der Waals surface area contributed by atoms with Gasteiger partial charge in [-0.25, -0.2) is 4.39 Å². The summed E-state index contributed by atoms with van der Waals surface area (Å²) in [5.41, 5.74) is 6.22. The van der Waals surface area contributed by atoms with Gasteiger partial charge >= 0.3 is 0 Å². The molecule has 0 bridgehead atoms. The molecule has 0 unspecified atom stereocenters. The Morgan fingerprint density at radius 2 is 2.16 bits per heavy atom. The highest BCUT2D eigenvalue weighted by Crippen LogP contribution is 2.19. The fraction of sp³-hybridized carbons (Fsp3) is 0.333. The van der Waals surface area contributed by atoms with Crippen LogP contribution in [-0.2, 0) is 11.2 Å². The second-order valence-electron chi connectivity index (χ2n) is 4.76. The van der Waals surface area contributed by atoms with Crippen molar-refractivity contribution >= 4 is 11.9 Å². The number of nitrogens with one attached hydrogen (secondary N) is 2. The van der Waals surface area contributed by atoms with Crippen LogP contribution >= 0.6 is 0 Å². The number of carbonyl (C=O) groups is 2. The summed E-state index contributed by atoms with van der Waals surface area (Å²) in [6.07, 6.45) is 2.10. The lowest BCUT2D eigenvalue weighted by molar-refractivity contribution is -0.134. The molecule has 1 amide bonds. The first-order valence-corrected chi connectivity index (χ1v) is 7.38. The first-order chi connectivity index (χ1) is 11.9. The number of nitrogens with two attached hydrogens (primary N) is 1. The van der Waals surface area contributed by atoms with Gasteiger partial charge in [0.05, 0.1) is 17.5 Å². The predicted octanol–water partition coefficient (Wildman–Crippen LogP) is 0.345. The van der Waals surface area contributed by atoms with Gasteiger partial charge in [-0.3, -0.25) is 9.59 Å². The van der Waals surface area contributed by atoms with Gasteiger partial charge in [-0.15, -0.1) is 0 Å². The van der Waals surface area contributed by atoms with Gasteiger partial charge in [0.15, 0.2) is 0 Å². The van der Waals surface area contributed by atoms with E-state index in [1.807, 2.05) is 0 Å². The van der Waals surface area contributed by atoms with E-state index in [0.717, 1.165) is 18.7 Å². The zero-order valence-electron chi connectivity index (χ0n) is 13.7. The summed E-state index contributed by atoms with van der Waals surface area (Å²) in [7, 11) is 0. The minimum Gasteiger partial charge on any atom is -0.491 e. The molecular formula is C15H20FN5O4. The summed E-state index contributed by atoms with van der Waals surface area (Å²) in [4.78, 5) is 21.1. The van der Waals surface area contributed by atoms with Crippen LogP contribution in [0.1, 0.15) is 23.0 Å². The highest BCUT2D eigenvalue weighted by Gasteiger charge is 2.13. The zero-order chi connectivity index (χ0) is 18.7. The third-order valence-electron chi connectivity index (χ3n) is 2.69. The van der Waals surface area contributed by atoms with Crippen LogP contribution in [0.3, 0.4) is 0 Å². The number of ether oxygens (including phenoxy) is 1. The number of carboxylic acids is 1. The number of hydrogen-bond donors (Lipinski definition) is 4. The number of carboxylic acid groups (broad SMARTS) is 1. The molecule has 0 saturated carbocycles. The number of halogens is 1. The monoisotopic (exact) mass is 353 g/mol. The van der Waals surface area contributed by atoms with Crippen molar-refractivity contribution in [3.8, 4) is 5.75 Å². The number of aliphatic carboxylic acids is 1. The van der Waals surface area contributed by atoms with Gasteiger partial charge in [-0.05, 0) is 18.2 Å². The average Bonchev–Trinajstić information content (AvgIpc) is 3.06. The minimum atomic E-state index is -0.833. The Bertz CT molecular complexity index is 675. The first kappa shape index (κ1) is 20.0. The summed E-state index contributed by atoms with van der Waals surface area (Å²) < 4.78 is 18.6. The van der Waals surface area contributed by atoms with E-state index < -0.39 is 17.7 Å². The van der Waals surface area contributed by atoms with Crippen LogP contribution < -0.4 is 15.8 Å². The van der Waals surface area contributed by atoms with Crippen molar-refractivity contribution in [2.75, 3.05) is 19.7 Å². The van der Waals surface area contributed by atoms with E-state index >= 15 is 0 Å². The maximum atomic E-state index is 13.3. The van der Waals surface area contributed by atoms with Gasteiger partial charge in [-0.1, -0.05) is 0 Å². The molecule has 2 rings (SSSR count). The smallest absolute Gasteiger partial charge is 0.300 e. The third kappa shape index (κ3) is 7.88. The van der Waals surface area contributed by atoms with Crippen LogP contribution in [0, 0.1) is 5.82 Å². The van der Waals surface area contributed by atoms with Crippen molar-refractivity contribution in [1.82, 2.24) is 20.7 Å². The third-order valence-corrected chi connectivity index (χ3v) is 2.69. The summed E-state index contributed by atoms with van der Waals surface area (Å²) in [5.74, 6) is -1.44. The van der Waals surface area contributed by atoms with Gasteiger partial charge in [0.1, 0.15) is 18.2 Å². The Morgan fingerprint density at radius 3 is 2.76 bits per heavy atom. The molecule has 1 aromatic heterocycles. The summed E-state index contributed by atoms with van der Waals surface area (Å²) in [5, 5.41) is 20.1. The molecular weight excluding hydrogens is 333 g/mol. The molecule has 0 atom stereocenters. The fourth-order valence-electron chi connectivity index (χ4n) is 1.72.